The van der Waals surface area contributed by atoms with Gasteiger partial charge in [-0.05, 0) is 42.0 Å². The zero-order valence-electron chi connectivity index (χ0n) is 12.5. The first-order valence-corrected chi connectivity index (χ1v) is 7.28. The molecule has 0 aliphatic rings. The van der Waals surface area contributed by atoms with Gasteiger partial charge >= 0.3 is 5.97 Å². The second-order valence-corrected chi connectivity index (χ2v) is 5.15. The van der Waals surface area contributed by atoms with E-state index in [2.05, 4.69) is 5.32 Å². The van der Waals surface area contributed by atoms with E-state index in [1.165, 1.54) is 7.11 Å². The molecule has 2 rings (SSSR count). The van der Waals surface area contributed by atoms with E-state index in [4.69, 9.17) is 21.1 Å². The highest BCUT2D eigenvalue weighted by Gasteiger charge is 2.10. The molecule has 2 aromatic carbocycles. The lowest BCUT2D eigenvalue weighted by Crippen LogP contribution is -2.28. The van der Waals surface area contributed by atoms with Gasteiger partial charge in [-0.1, -0.05) is 23.7 Å². The molecule has 1 amide bonds. The smallest absolute Gasteiger partial charge is 0.338 e. The number of benzene rings is 2. The molecule has 23 heavy (non-hydrogen) atoms. The Hall–Kier alpha value is -2.53. The number of hydrogen-bond donors (Lipinski definition) is 1. The van der Waals surface area contributed by atoms with Gasteiger partial charge in [-0.3, -0.25) is 4.79 Å². The minimum Gasteiger partial charge on any atom is -0.497 e. The third-order valence-corrected chi connectivity index (χ3v) is 3.27. The van der Waals surface area contributed by atoms with E-state index >= 15 is 0 Å². The summed E-state index contributed by atoms with van der Waals surface area (Å²) >= 11 is 5.86. The molecule has 0 aromatic heterocycles. The Kier molecular flexibility index (Phi) is 6.00. The van der Waals surface area contributed by atoms with Crippen molar-refractivity contribution in [2.75, 3.05) is 13.7 Å². The molecule has 0 fully saturated rings. The molecular weight excluding hydrogens is 318 g/mol. The van der Waals surface area contributed by atoms with Crippen LogP contribution in [0.4, 0.5) is 0 Å². The first kappa shape index (κ1) is 16.8. The van der Waals surface area contributed by atoms with Crippen molar-refractivity contribution < 1.29 is 19.1 Å². The molecule has 1 N–H and O–H groups in total. The number of carbonyl (C=O) groups is 2. The Balaban J connectivity index is 1.78. The zero-order valence-corrected chi connectivity index (χ0v) is 13.3. The summed E-state index contributed by atoms with van der Waals surface area (Å²) in [5.74, 6) is -0.307. The fourth-order valence-corrected chi connectivity index (χ4v) is 2.05. The molecule has 0 unspecified atom stereocenters. The third-order valence-electron chi connectivity index (χ3n) is 3.04. The predicted molar refractivity (Wildman–Crippen MR) is 86.6 cm³/mol. The average molecular weight is 334 g/mol. The van der Waals surface area contributed by atoms with Crippen LogP contribution in [0.5, 0.6) is 5.75 Å². The SMILES string of the molecule is COc1ccc(C(=O)OCC(=O)NCc2cccc(Cl)c2)cc1. The van der Waals surface area contributed by atoms with E-state index in [0.717, 1.165) is 5.56 Å². The van der Waals surface area contributed by atoms with Gasteiger partial charge in [0.2, 0.25) is 0 Å². The van der Waals surface area contributed by atoms with Crippen LogP contribution in [0, 0.1) is 0 Å². The second-order valence-electron chi connectivity index (χ2n) is 4.71. The first-order chi connectivity index (χ1) is 11.1. The summed E-state index contributed by atoms with van der Waals surface area (Å²) in [4.78, 5) is 23.5. The van der Waals surface area contributed by atoms with Gasteiger partial charge in [0.05, 0.1) is 12.7 Å². The van der Waals surface area contributed by atoms with Crippen LogP contribution in [0.1, 0.15) is 15.9 Å². The lowest BCUT2D eigenvalue weighted by atomic mass is 10.2. The Morgan fingerprint density at radius 3 is 2.52 bits per heavy atom. The summed E-state index contributed by atoms with van der Waals surface area (Å²) in [5.41, 5.74) is 1.22. The highest BCUT2D eigenvalue weighted by Crippen LogP contribution is 2.12. The molecule has 0 aliphatic heterocycles. The molecule has 2 aromatic rings. The van der Waals surface area contributed by atoms with E-state index in [1.807, 2.05) is 6.07 Å². The van der Waals surface area contributed by atoms with Crippen LogP contribution in [0.25, 0.3) is 0 Å². The minimum absolute atomic E-state index is 0.319. The van der Waals surface area contributed by atoms with Gasteiger partial charge in [-0.2, -0.15) is 0 Å². The summed E-state index contributed by atoms with van der Waals surface area (Å²) in [6, 6.07) is 13.6. The maximum Gasteiger partial charge on any atom is 0.338 e. The quantitative estimate of drug-likeness (QED) is 0.826. The molecule has 5 nitrogen and oxygen atoms in total. The van der Waals surface area contributed by atoms with Gasteiger partial charge in [0.15, 0.2) is 6.61 Å². The minimum atomic E-state index is -0.564. The number of amides is 1. The third kappa shape index (κ3) is 5.30. The zero-order chi connectivity index (χ0) is 16.7. The van der Waals surface area contributed by atoms with Crippen molar-refractivity contribution in [2.24, 2.45) is 0 Å². The average Bonchev–Trinajstić information content (AvgIpc) is 2.58. The summed E-state index contributed by atoms with van der Waals surface area (Å²) in [7, 11) is 1.54. The van der Waals surface area contributed by atoms with Crippen molar-refractivity contribution in [3.63, 3.8) is 0 Å². The highest BCUT2D eigenvalue weighted by molar-refractivity contribution is 6.30. The van der Waals surface area contributed by atoms with Gasteiger partial charge < -0.3 is 14.8 Å². The number of halogens is 1. The summed E-state index contributed by atoms with van der Waals surface area (Å²) in [5, 5.41) is 3.26. The number of nitrogens with one attached hydrogen (secondary N) is 1. The van der Waals surface area contributed by atoms with Crippen LogP contribution in [0.3, 0.4) is 0 Å². The van der Waals surface area contributed by atoms with Gasteiger partial charge in [-0.25, -0.2) is 4.79 Å². The summed E-state index contributed by atoms with van der Waals surface area (Å²) in [6.45, 7) is -0.0229. The largest absolute Gasteiger partial charge is 0.497 e. The van der Waals surface area contributed by atoms with E-state index in [9.17, 15) is 9.59 Å². The lowest BCUT2D eigenvalue weighted by molar-refractivity contribution is -0.124. The van der Waals surface area contributed by atoms with Crippen LogP contribution in [0.2, 0.25) is 5.02 Å². The Morgan fingerprint density at radius 2 is 1.87 bits per heavy atom. The molecular formula is C17H16ClNO4. The molecule has 0 aliphatic carbocycles. The van der Waals surface area contributed by atoms with Crippen molar-refractivity contribution in [3.8, 4) is 5.75 Å². The molecule has 0 saturated carbocycles. The van der Waals surface area contributed by atoms with E-state index in [1.54, 1.807) is 42.5 Å². The topological polar surface area (TPSA) is 64.6 Å². The maximum absolute atomic E-state index is 11.8. The van der Waals surface area contributed by atoms with Crippen molar-refractivity contribution in [1.29, 1.82) is 0 Å². The van der Waals surface area contributed by atoms with Crippen molar-refractivity contribution in [1.82, 2.24) is 5.32 Å². The molecule has 0 atom stereocenters. The van der Waals surface area contributed by atoms with Gasteiger partial charge in [0, 0.05) is 11.6 Å². The van der Waals surface area contributed by atoms with Crippen molar-refractivity contribution in [2.45, 2.75) is 6.54 Å². The van der Waals surface area contributed by atoms with Gasteiger partial charge in [0.1, 0.15) is 5.75 Å². The fraction of sp³-hybridized carbons (Fsp3) is 0.176. The number of hydrogen-bond acceptors (Lipinski definition) is 4. The van der Waals surface area contributed by atoms with Crippen LogP contribution in [-0.4, -0.2) is 25.6 Å². The molecule has 0 saturated heterocycles. The molecule has 0 bridgehead atoms. The van der Waals surface area contributed by atoms with Gasteiger partial charge in [0.25, 0.3) is 5.91 Å². The van der Waals surface area contributed by atoms with Crippen molar-refractivity contribution in [3.05, 3.63) is 64.7 Å². The summed E-state index contributed by atoms with van der Waals surface area (Å²) < 4.78 is 9.96. The highest BCUT2D eigenvalue weighted by atomic mass is 35.5. The van der Waals surface area contributed by atoms with E-state index in [-0.39, 0.29) is 12.5 Å². The maximum atomic E-state index is 11.8. The fourth-order valence-electron chi connectivity index (χ4n) is 1.84. The number of carbonyl (C=O) groups excluding carboxylic acids is 2. The Labute approximate surface area is 139 Å². The Bertz CT molecular complexity index is 685. The number of ether oxygens (including phenoxy) is 2. The monoisotopic (exact) mass is 333 g/mol. The van der Waals surface area contributed by atoms with E-state index < -0.39 is 5.97 Å². The van der Waals surface area contributed by atoms with E-state index in [0.29, 0.717) is 22.9 Å². The van der Waals surface area contributed by atoms with Crippen molar-refractivity contribution >= 4 is 23.5 Å². The molecule has 120 valence electrons. The molecule has 0 heterocycles. The molecule has 0 radical (unpaired) electrons. The number of methoxy groups -OCH3 is 1. The standard InChI is InChI=1S/C17H16ClNO4/c1-22-15-7-5-13(6-8-15)17(21)23-11-16(20)19-10-12-3-2-4-14(18)9-12/h2-9H,10-11H2,1H3,(H,19,20). The van der Waals surface area contributed by atoms with Crippen LogP contribution >= 0.6 is 11.6 Å². The normalized spacial score (nSPS) is 10.0. The summed E-state index contributed by atoms with van der Waals surface area (Å²) in [6.07, 6.45) is 0. The molecule has 0 spiro atoms. The first-order valence-electron chi connectivity index (χ1n) is 6.91. The van der Waals surface area contributed by atoms with Gasteiger partial charge in [-0.15, -0.1) is 0 Å². The molecule has 6 heteroatoms. The number of esters is 1. The lowest BCUT2D eigenvalue weighted by Gasteiger charge is -2.07. The van der Waals surface area contributed by atoms with Crippen LogP contribution in [-0.2, 0) is 16.1 Å². The predicted octanol–water partition coefficient (Wildman–Crippen LogP) is 2.82. The number of rotatable bonds is 6. The van der Waals surface area contributed by atoms with Crippen LogP contribution < -0.4 is 10.1 Å². The second kappa shape index (κ2) is 8.19. The van der Waals surface area contributed by atoms with Crippen LogP contribution in [0.15, 0.2) is 48.5 Å². The Morgan fingerprint density at radius 1 is 1.13 bits per heavy atom.